The van der Waals surface area contributed by atoms with Crippen molar-refractivity contribution < 1.29 is 14.3 Å². The van der Waals surface area contributed by atoms with Crippen molar-refractivity contribution in [3.05, 3.63) is 59.7 Å². The van der Waals surface area contributed by atoms with Crippen LogP contribution in [0.2, 0.25) is 0 Å². The molecule has 30 heavy (non-hydrogen) atoms. The number of carbonyl (C=O) groups is 1. The molecule has 1 unspecified atom stereocenters. The second kappa shape index (κ2) is 11.2. The zero-order valence-electron chi connectivity index (χ0n) is 17.0. The molecule has 0 spiro atoms. The molecule has 6 nitrogen and oxygen atoms in total. The highest BCUT2D eigenvalue weighted by Crippen LogP contribution is 2.33. The van der Waals surface area contributed by atoms with Crippen LogP contribution in [0.25, 0.3) is 0 Å². The van der Waals surface area contributed by atoms with Crippen molar-refractivity contribution in [2.24, 2.45) is 0 Å². The molecule has 0 saturated heterocycles. The third kappa shape index (κ3) is 6.38. The molecule has 1 N–H and O–H groups in total. The van der Waals surface area contributed by atoms with Crippen molar-refractivity contribution in [3.8, 4) is 11.5 Å². The fourth-order valence-corrected chi connectivity index (χ4v) is 5.69. The molecule has 0 fully saturated rings. The van der Waals surface area contributed by atoms with E-state index in [2.05, 4.69) is 15.5 Å². The average molecular weight is 462 g/mol. The lowest BCUT2D eigenvalue weighted by Gasteiger charge is -2.12. The van der Waals surface area contributed by atoms with Gasteiger partial charge in [-0.25, -0.2) is 0 Å². The van der Waals surface area contributed by atoms with Crippen molar-refractivity contribution in [1.82, 2.24) is 15.5 Å². The zero-order valence-corrected chi connectivity index (χ0v) is 19.4. The first-order chi connectivity index (χ1) is 14.6. The van der Waals surface area contributed by atoms with Gasteiger partial charge < -0.3 is 14.8 Å². The van der Waals surface area contributed by atoms with Gasteiger partial charge in [-0.1, -0.05) is 65.2 Å². The number of thioether (sulfide) groups is 2. The van der Waals surface area contributed by atoms with E-state index in [0.29, 0.717) is 6.54 Å². The molecule has 1 atom stereocenters. The van der Waals surface area contributed by atoms with Gasteiger partial charge in [0, 0.05) is 17.9 Å². The van der Waals surface area contributed by atoms with Crippen LogP contribution >= 0.6 is 34.9 Å². The normalized spacial score (nSPS) is 11.7. The predicted octanol–water partition coefficient (Wildman–Crippen LogP) is 4.64. The molecule has 0 bridgehead atoms. The first kappa shape index (κ1) is 22.5. The minimum atomic E-state index is -0.271. The maximum atomic E-state index is 12.5. The maximum Gasteiger partial charge on any atom is 0.233 e. The van der Waals surface area contributed by atoms with E-state index in [0.717, 1.165) is 31.5 Å². The molecule has 0 aliphatic rings. The SMILES string of the molecule is COc1ccc(CSc2nnc(SC(C)C(=O)NCc3ccccc3OC)s2)cc1. The minimum absolute atomic E-state index is 0.0476. The van der Waals surface area contributed by atoms with Crippen LogP contribution in [0.5, 0.6) is 11.5 Å². The van der Waals surface area contributed by atoms with E-state index in [1.165, 1.54) is 28.7 Å². The lowest BCUT2D eigenvalue weighted by Crippen LogP contribution is -2.30. The smallest absolute Gasteiger partial charge is 0.233 e. The number of amides is 1. The van der Waals surface area contributed by atoms with Crippen LogP contribution in [-0.2, 0) is 17.1 Å². The summed E-state index contributed by atoms with van der Waals surface area (Å²) in [6, 6.07) is 15.6. The summed E-state index contributed by atoms with van der Waals surface area (Å²) in [6.07, 6.45) is 0. The van der Waals surface area contributed by atoms with Crippen LogP contribution in [0.3, 0.4) is 0 Å². The van der Waals surface area contributed by atoms with E-state index >= 15 is 0 Å². The Hall–Kier alpha value is -2.23. The monoisotopic (exact) mass is 461 g/mol. The van der Waals surface area contributed by atoms with E-state index in [-0.39, 0.29) is 11.2 Å². The number of nitrogens with zero attached hydrogens (tertiary/aromatic N) is 2. The number of nitrogens with one attached hydrogen (secondary N) is 1. The number of ether oxygens (including phenoxy) is 2. The van der Waals surface area contributed by atoms with Crippen LogP contribution in [0.1, 0.15) is 18.1 Å². The molecule has 3 aromatic rings. The Morgan fingerprint density at radius 1 is 1.07 bits per heavy atom. The molecule has 158 valence electrons. The Morgan fingerprint density at radius 3 is 2.53 bits per heavy atom. The molecule has 2 aromatic carbocycles. The molecule has 1 amide bonds. The van der Waals surface area contributed by atoms with Crippen molar-refractivity contribution in [1.29, 1.82) is 0 Å². The number of benzene rings is 2. The molecule has 0 saturated carbocycles. The van der Waals surface area contributed by atoms with E-state index in [1.807, 2.05) is 55.5 Å². The highest BCUT2D eigenvalue weighted by Gasteiger charge is 2.17. The van der Waals surface area contributed by atoms with E-state index < -0.39 is 0 Å². The number of carbonyl (C=O) groups excluding carboxylic acids is 1. The highest BCUT2D eigenvalue weighted by atomic mass is 32.2. The van der Waals surface area contributed by atoms with Gasteiger partial charge in [0.05, 0.1) is 19.5 Å². The molecule has 0 aliphatic heterocycles. The molecule has 9 heteroatoms. The Labute approximate surface area is 188 Å². The summed E-state index contributed by atoms with van der Waals surface area (Å²) in [5.41, 5.74) is 2.13. The van der Waals surface area contributed by atoms with Crippen molar-refractivity contribution in [3.63, 3.8) is 0 Å². The molecular weight excluding hydrogens is 438 g/mol. The molecule has 3 rings (SSSR count). The minimum Gasteiger partial charge on any atom is -0.497 e. The Morgan fingerprint density at radius 2 is 1.80 bits per heavy atom. The van der Waals surface area contributed by atoms with Crippen LogP contribution in [0, 0.1) is 0 Å². The van der Waals surface area contributed by atoms with Crippen molar-refractivity contribution in [2.75, 3.05) is 14.2 Å². The quantitative estimate of drug-likeness (QED) is 0.441. The molecule has 1 aromatic heterocycles. The van der Waals surface area contributed by atoms with Gasteiger partial charge in [0.15, 0.2) is 8.68 Å². The van der Waals surface area contributed by atoms with Crippen LogP contribution in [0.4, 0.5) is 0 Å². The molecule has 1 heterocycles. The van der Waals surface area contributed by atoms with Gasteiger partial charge in [-0.3, -0.25) is 4.79 Å². The lowest BCUT2D eigenvalue weighted by molar-refractivity contribution is -0.120. The van der Waals surface area contributed by atoms with Gasteiger partial charge in [-0.2, -0.15) is 0 Å². The third-order valence-corrected chi connectivity index (χ3v) is 7.51. The number of para-hydroxylation sites is 1. The first-order valence-corrected chi connectivity index (χ1v) is 11.9. The second-order valence-corrected chi connectivity index (χ2v) is 10.0. The van der Waals surface area contributed by atoms with Gasteiger partial charge >= 0.3 is 0 Å². The average Bonchev–Trinajstić information content (AvgIpc) is 3.23. The van der Waals surface area contributed by atoms with Gasteiger partial charge in [0.1, 0.15) is 11.5 Å². The summed E-state index contributed by atoms with van der Waals surface area (Å²) in [5, 5.41) is 11.1. The Bertz CT molecular complexity index is 963. The summed E-state index contributed by atoms with van der Waals surface area (Å²) in [6.45, 7) is 2.29. The number of hydrogen-bond acceptors (Lipinski definition) is 8. The summed E-state index contributed by atoms with van der Waals surface area (Å²) in [7, 11) is 3.28. The van der Waals surface area contributed by atoms with Gasteiger partial charge in [-0.15, -0.1) is 10.2 Å². The molecule has 0 aliphatic carbocycles. The molecule has 0 radical (unpaired) electrons. The summed E-state index contributed by atoms with van der Waals surface area (Å²) in [4.78, 5) is 12.5. The zero-order chi connectivity index (χ0) is 21.3. The standard InChI is InChI=1S/C21H23N3O3S3/c1-14(19(25)22-12-16-6-4-5-7-18(16)27-3)29-21-24-23-20(30-21)28-13-15-8-10-17(26-2)11-9-15/h4-11,14H,12-13H2,1-3H3,(H,22,25). The van der Waals surface area contributed by atoms with Gasteiger partial charge in [0.2, 0.25) is 5.91 Å². The van der Waals surface area contributed by atoms with Crippen LogP contribution in [0.15, 0.2) is 57.2 Å². The topological polar surface area (TPSA) is 73.3 Å². The van der Waals surface area contributed by atoms with Crippen LogP contribution in [-0.4, -0.2) is 35.6 Å². The fraction of sp³-hybridized carbons (Fsp3) is 0.286. The van der Waals surface area contributed by atoms with Gasteiger partial charge in [0.25, 0.3) is 0 Å². The van der Waals surface area contributed by atoms with Crippen molar-refractivity contribution in [2.45, 2.75) is 33.2 Å². The first-order valence-electron chi connectivity index (χ1n) is 9.24. The maximum absolute atomic E-state index is 12.5. The fourth-order valence-electron chi connectivity index (χ4n) is 2.55. The highest BCUT2D eigenvalue weighted by molar-refractivity contribution is 8.03. The Kier molecular flexibility index (Phi) is 8.41. The second-order valence-electron chi connectivity index (χ2n) is 6.26. The van der Waals surface area contributed by atoms with E-state index in [1.54, 1.807) is 26.0 Å². The summed E-state index contributed by atoms with van der Waals surface area (Å²) < 4.78 is 12.2. The number of hydrogen-bond donors (Lipinski definition) is 1. The third-order valence-electron chi connectivity index (χ3n) is 4.20. The summed E-state index contributed by atoms with van der Waals surface area (Å²) >= 11 is 4.55. The number of rotatable bonds is 10. The lowest BCUT2D eigenvalue weighted by atomic mass is 10.2. The number of methoxy groups -OCH3 is 2. The summed E-state index contributed by atoms with van der Waals surface area (Å²) in [5.74, 6) is 2.36. The predicted molar refractivity (Wildman–Crippen MR) is 123 cm³/mol. The van der Waals surface area contributed by atoms with E-state index in [9.17, 15) is 4.79 Å². The van der Waals surface area contributed by atoms with E-state index in [4.69, 9.17) is 9.47 Å². The largest absolute Gasteiger partial charge is 0.497 e. The van der Waals surface area contributed by atoms with Crippen LogP contribution < -0.4 is 14.8 Å². The number of aromatic nitrogens is 2. The molecular formula is C21H23N3O3S3. The Balaban J connectivity index is 1.47. The van der Waals surface area contributed by atoms with Crippen molar-refractivity contribution >= 4 is 40.8 Å². The van der Waals surface area contributed by atoms with Gasteiger partial charge in [-0.05, 0) is 30.7 Å².